The lowest BCUT2D eigenvalue weighted by Gasteiger charge is -2.37. The first-order valence-corrected chi connectivity index (χ1v) is 11.0. The van der Waals surface area contributed by atoms with Crippen molar-refractivity contribution < 1.29 is 14.3 Å². The molecule has 1 spiro atoms. The van der Waals surface area contributed by atoms with E-state index in [1.807, 2.05) is 24.3 Å². The minimum absolute atomic E-state index is 0.0785. The van der Waals surface area contributed by atoms with Gasteiger partial charge in [-0.3, -0.25) is 9.59 Å². The molecule has 0 radical (unpaired) electrons. The molecule has 1 aromatic rings. The van der Waals surface area contributed by atoms with Crippen molar-refractivity contribution >= 4 is 11.8 Å². The van der Waals surface area contributed by atoms with E-state index >= 15 is 0 Å². The smallest absolute Gasteiger partial charge is 0.255 e. The molecular formula is C24H34N2O3. The summed E-state index contributed by atoms with van der Waals surface area (Å²) in [4.78, 5) is 26.1. The van der Waals surface area contributed by atoms with Crippen molar-refractivity contribution in [1.29, 1.82) is 0 Å². The van der Waals surface area contributed by atoms with Gasteiger partial charge in [0.1, 0.15) is 12.4 Å². The zero-order valence-electron chi connectivity index (χ0n) is 17.7. The third-order valence-corrected chi connectivity index (χ3v) is 6.03. The molecule has 1 heterocycles. The minimum atomic E-state index is -0.337. The van der Waals surface area contributed by atoms with E-state index in [4.69, 9.17) is 4.74 Å². The van der Waals surface area contributed by atoms with Crippen molar-refractivity contribution in [3.63, 3.8) is 0 Å². The minimum Gasteiger partial charge on any atom is -0.489 e. The number of benzene rings is 1. The Morgan fingerprint density at radius 3 is 2.62 bits per heavy atom. The van der Waals surface area contributed by atoms with Crippen LogP contribution in [0.5, 0.6) is 5.75 Å². The van der Waals surface area contributed by atoms with Gasteiger partial charge in [-0.25, -0.2) is 0 Å². The summed E-state index contributed by atoms with van der Waals surface area (Å²) in [5, 5.41) is 6.30. The van der Waals surface area contributed by atoms with Crippen molar-refractivity contribution in [2.75, 3.05) is 13.2 Å². The SMILES string of the molecule is CC(C)C[C@H]1CNC(=O)c2ccccc2OC/C=C\CC2(CCCCC2)C(=O)N1. The van der Waals surface area contributed by atoms with Crippen molar-refractivity contribution in [2.45, 2.75) is 64.8 Å². The van der Waals surface area contributed by atoms with Crippen molar-refractivity contribution in [2.24, 2.45) is 11.3 Å². The van der Waals surface area contributed by atoms with Crippen LogP contribution < -0.4 is 15.4 Å². The average molecular weight is 399 g/mol. The third kappa shape index (κ3) is 5.62. The molecule has 5 heteroatoms. The summed E-state index contributed by atoms with van der Waals surface area (Å²) in [6.45, 7) is 5.09. The van der Waals surface area contributed by atoms with E-state index in [0.29, 0.717) is 30.4 Å². The zero-order chi connectivity index (χ0) is 20.7. The maximum Gasteiger partial charge on any atom is 0.255 e. The molecule has 1 atom stereocenters. The largest absolute Gasteiger partial charge is 0.489 e. The predicted octanol–water partition coefficient (Wildman–Crippen LogP) is 4.24. The Bertz CT molecular complexity index is 735. The molecule has 2 N–H and O–H groups in total. The zero-order valence-corrected chi connectivity index (χ0v) is 17.7. The topological polar surface area (TPSA) is 67.4 Å². The van der Waals surface area contributed by atoms with Gasteiger partial charge in [0, 0.05) is 12.6 Å². The Kier molecular flexibility index (Phi) is 7.34. The highest BCUT2D eigenvalue weighted by Crippen LogP contribution is 2.40. The van der Waals surface area contributed by atoms with E-state index in [9.17, 15) is 9.59 Å². The van der Waals surface area contributed by atoms with Gasteiger partial charge in [-0.05, 0) is 43.7 Å². The van der Waals surface area contributed by atoms with E-state index in [-0.39, 0.29) is 23.3 Å². The van der Waals surface area contributed by atoms with Crippen molar-refractivity contribution in [3.05, 3.63) is 42.0 Å². The lowest BCUT2D eigenvalue weighted by molar-refractivity contribution is -0.133. The predicted molar refractivity (Wildman–Crippen MR) is 115 cm³/mol. The fourth-order valence-corrected chi connectivity index (χ4v) is 4.46. The number of para-hydroxylation sites is 1. The number of allylic oxidation sites excluding steroid dienone is 1. The molecule has 0 aromatic heterocycles. The van der Waals surface area contributed by atoms with Crippen LogP contribution in [-0.2, 0) is 4.79 Å². The van der Waals surface area contributed by atoms with Crippen LogP contribution in [0.15, 0.2) is 36.4 Å². The molecule has 1 saturated carbocycles. The second-order valence-electron chi connectivity index (χ2n) is 8.83. The number of carbonyl (C=O) groups excluding carboxylic acids is 2. The first-order chi connectivity index (χ1) is 14.0. The van der Waals surface area contributed by atoms with E-state index in [1.165, 1.54) is 6.42 Å². The number of nitrogens with one attached hydrogen (secondary N) is 2. The number of fused-ring (bicyclic) bond motifs is 1. The normalized spacial score (nSPS) is 24.0. The van der Waals surface area contributed by atoms with Gasteiger partial charge >= 0.3 is 0 Å². The number of carbonyl (C=O) groups is 2. The summed E-state index contributed by atoms with van der Waals surface area (Å²) in [6.07, 6.45) is 10.9. The first kappa shape index (κ1) is 21.4. The molecule has 2 amide bonds. The van der Waals surface area contributed by atoms with Crippen LogP contribution in [0.25, 0.3) is 0 Å². The van der Waals surface area contributed by atoms with Gasteiger partial charge < -0.3 is 15.4 Å². The van der Waals surface area contributed by atoms with Gasteiger partial charge in [0.25, 0.3) is 5.91 Å². The summed E-state index contributed by atoms with van der Waals surface area (Å²) < 4.78 is 5.85. The number of ether oxygens (including phenoxy) is 1. The molecular weight excluding hydrogens is 364 g/mol. The number of hydrogen-bond donors (Lipinski definition) is 2. The summed E-state index contributed by atoms with van der Waals surface area (Å²) in [5.41, 5.74) is 0.187. The van der Waals surface area contributed by atoms with Crippen LogP contribution in [0.1, 0.15) is 69.2 Å². The second kappa shape index (κ2) is 9.95. The number of hydrogen-bond acceptors (Lipinski definition) is 3. The average Bonchev–Trinajstić information content (AvgIpc) is 2.71. The van der Waals surface area contributed by atoms with Crippen molar-refractivity contribution in [1.82, 2.24) is 10.6 Å². The van der Waals surface area contributed by atoms with Gasteiger partial charge in [0.2, 0.25) is 5.91 Å². The van der Waals surface area contributed by atoms with Gasteiger partial charge in [-0.15, -0.1) is 0 Å². The maximum atomic E-state index is 13.3. The van der Waals surface area contributed by atoms with Crippen LogP contribution >= 0.6 is 0 Å². The highest BCUT2D eigenvalue weighted by atomic mass is 16.5. The van der Waals surface area contributed by atoms with E-state index in [2.05, 4.69) is 30.6 Å². The van der Waals surface area contributed by atoms with Crippen LogP contribution in [0.2, 0.25) is 0 Å². The first-order valence-electron chi connectivity index (χ1n) is 11.0. The molecule has 0 saturated heterocycles. The molecule has 5 nitrogen and oxygen atoms in total. The highest BCUT2D eigenvalue weighted by molar-refractivity contribution is 5.97. The Morgan fingerprint density at radius 1 is 1.10 bits per heavy atom. The standard InChI is InChI=1S/C24H34N2O3/c1-18(2)16-19-17-25-22(27)20-10-4-5-11-21(20)29-15-9-8-14-24(23(28)26-19)12-6-3-7-13-24/h4-5,8-11,18-19H,3,6-7,12-17H2,1-2H3,(H,25,27)(H,26,28)/b9-8-/t19-/m0/s1. The molecule has 29 heavy (non-hydrogen) atoms. The van der Waals surface area contributed by atoms with Gasteiger partial charge in [0.05, 0.1) is 11.0 Å². The van der Waals surface area contributed by atoms with Gasteiger partial charge in [-0.2, -0.15) is 0 Å². The lowest BCUT2D eigenvalue weighted by Crippen LogP contribution is -2.50. The lowest BCUT2D eigenvalue weighted by atomic mass is 9.71. The maximum absolute atomic E-state index is 13.3. The molecule has 0 bridgehead atoms. The molecule has 1 aromatic carbocycles. The summed E-state index contributed by atoms with van der Waals surface area (Å²) in [6, 6.07) is 7.22. The fraction of sp³-hybridized carbons (Fsp3) is 0.583. The van der Waals surface area contributed by atoms with Crippen molar-refractivity contribution in [3.8, 4) is 5.75 Å². The number of amides is 2. The molecule has 3 rings (SSSR count). The van der Waals surface area contributed by atoms with Crippen LogP contribution in [0.4, 0.5) is 0 Å². The van der Waals surface area contributed by atoms with Gasteiger partial charge in [-0.1, -0.05) is 57.4 Å². The number of rotatable bonds is 2. The highest BCUT2D eigenvalue weighted by Gasteiger charge is 2.39. The Morgan fingerprint density at radius 2 is 1.86 bits per heavy atom. The fourth-order valence-electron chi connectivity index (χ4n) is 4.46. The monoisotopic (exact) mass is 398 g/mol. The molecule has 0 unspecified atom stereocenters. The Labute approximate surface area is 174 Å². The van der Waals surface area contributed by atoms with E-state index < -0.39 is 0 Å². The molecule has 2 aliphatic rings. The Hall–Kier alpha value is -2.30. The molecule has 158 valence electrons. The van der Waals surface area contributed by atoms with E-state index in [1.54, 1.807) is 6.07 Å². The summed E-state index contributed by atoms with van der Waals surface area (Å²) in [5.74, 6) is 0.981. The molecule has 1 aliphatic carbocycles. The second-order valence-corrected chi connectivity index (χ2v) is 8.83. The molecule has 1 fully saturated rings. The molecule has 1 aliphatic heterocycles. The quantitative estimate of drug-likeness (QED) is 0.733. The summed E-state index contributed by atoms with van der Waals surface area (Å²) >= 11 is 0. The Balaban J connectivity index is 1.86. The van der Waals surface area contributed by atoms with Crippen LogP contribution in [0, 0.1) is 11.3 Å². The summed E-state index contributed by atoms with van der Waals surface area (Å²) in [7, 11) is 0. The third-order valence-electron chi connectivity index (χ3n) is 6.03. The van der Waals surface area contributed by atoms with Gasteiger partial charge in [0.15, 0.2) is 0 Å². The van der Waals surface area contributed by atoms with E-state index in [0.717, 1.165) is 38.5 Å². The van der Waals surface area contributed by atoms with Crippen LogP contribution in [0.3, 0.4) is 0 Å². The van der Waals surface area contributed by atoms with Crippen LogP contribution in [-0.4, -0.2) is 31.0 Å².